The molecule has 0 amide bonds. The number of nitrogens with two attached hydrogens (primary N) is 1. The predicted octanol–water partition coefficient (Wildman–Crippen LogP) is 4.60. The molecule has 0 aromatic heterocycles. The summed E-state index contributed by atoms with van der Waals surface area (Å²) in [5.74, 6) is 0.0303. The minimum Gasteiger partial charge on any atom is -0.330 e. The van der Waals surface area contributed by atoms with Crippen molar-refractivity contribution < 1.29 is 4.39 Å². The van der Waals surface area contributed by atoms with E-state index in [0.717, 1.165) is 15.9 Å². The molecule has 20 heavy (non-hydrogen) atoms. The van der Waals surface area contributed by atoms with Crippen LogP contribution in [0.4, 0.5) is 4.39 Å². The van der Waals surface area contributed by atoms with Gasteiger partial charge in [-0.2, -0.15) is 0 Å². The molecule has 2 aromatic rings. The van der Waals surface area contributed by atoms with Crippen LogP contribution in [0.5, 0.6) is 0 Å². The van der Waals surface area contributed by atoms with Gasteiger partial charge in [-0.3, -0.25) is 0 Å². The van der Waals surface area contributed by atoms with Gasteiger partial charge in [-0.05, 0) is 66.8 Å². The van der Waals surface area contributed by atoms with Crippen LogP contribution in [0.3, 0.4) is 0 Å². The quantitative estimate of drug-likeness (QED) is 0.832. The maximum Gasteiger partial charge on any atom is 0.126 e. The fourth-order valence-electron chi connectivity index (χ4n) is 2.20. The molecule has 1 nitrogen and oxygen atoms in total. The first kappa shape index (κ1) is 15.5. The lowest BCUT2D eigenvalue weighted by atomic mass is 9.92. The Morgan fingerprint density at radius 2 is 1.80 bits per heavy atom. The van der Waals surface area contributed by atoms with Crippen LogP contribution in [0.1, 0.15) is 11.1 Å². The van der Waals surface area contributed by atoms with E-state index in [1.165, 1.54) is 11.6 Å². The smallest absolute Gasteiger partial charge is 0.126 e. The minimum absolute atomic E-state index is 0.178. The van der Waals surface area contributed by atoms with Crippen LogP contribution in [0.15, 0.2) is 46.9 Å². The fraction of sp³-hybridized carbons (Fsp3) is 0.250. The molecule has 2 N–H and O–H groups in total. The number of halogens is 3. The minimum atomic E-state index is -0.178. The van der Waals surface area contributed by atoms with Crippen LogP contribution < -0.4 is 5.73 Å². The van der Waals surface area contributed by atoms with Crippen molar-refractivity contribution in [1.82, 2.24) is 0 Å². The molecule has 0 heterocycles. The van der Waals surface area contributed by atoms with E-state index in [-0.39, 0.29) is 11.7 Å². The van der Waals surface area contributed by atoms with Crippen LogP contribution in [-0.2, 0) is 12.8 Å². The maximum absolute atomic E-state index is 13.8. The molecule has 0 aliphatic rings. The Labute approximate surface area is 132 Å². The molecular formula is C16H16BrClFN. The first-order valence-corrected chi connectivity index (χ1v) is 7.64. The van der Waals surface area contributed by atoms with Crippen LogP contribution in [0, 0.1) is 11.7 Å². The van der Waals surface area contributed by atoms with Gasteiger partial charge in [-0.25, -0.2) is 4.39 Å². The summed E-state index contributed by atoms with van der Waals surface area (Å²) in [7, 11) is 0. The molecular weight excluding hydrogens is 341 g/mol. The SMILES string of the molecule is NCC(Cc1ccc(Cl)cc1)Cc1cc(Br)ccc1F. The van der Waals surface area contributed by atoms with Crippen LogP contribution in [-0.4, -0.2) is 6.54 Å². The van der Waals surface area contributed by atoms with E-state index in [1.807, 2.05) is 30.3 Å². The summed E-state index contributed by atoms with van der Waals surface area (Å²) in [6.45, 7) is 0.522. The Morgan fingerprint density at radius 3 is 2.45 bits per heavy atom. The van der Waals surface area contributed by atoms with Gasteiger partial charge in [0.25, 0.3) is 0 Å². The van der Waals surface area contributed by atoms with Gasteiger partial charge in [0.15, 0.2) is 0 Å². The summed E-state index contributed by atoms with van der Waals surface area (Å²) in [6, 6.07) is 12.7. The second-order valence-corrected chi connectivity index (χ2v) is 6.22. The van der Waals surface area contributed by atoms with Gasteiger partial charge in [-0.1, -0.05) is 39.7 Å². The average molecular weight is 357 g/mol. The summed E-state index contributed by atoms with van der Waals surface area (Å²) < 4.78 is 14.7. The van der Waals surface area contributed by atoms with E-state index >= 15 is 0 Å². The van der Waals surface area contributed by atoms with Gasteiger partial charge in [0, 0.05) is 9.50 Å². The average Bonchev–Trinajstić information content (AvgIpc) is 2.44. The highest BCUT2D eigenvalue weighted by atomic mass is 79.9. The standard InChI is InChI=1S/C16H16BrClFN/c17-14-3-6-16(19)13(9-14)8-12(10-20)7-11-1-4-15(18)5-2-11/h1-6,9,12H,7-8,10,20H2. The first-order valence-electron chi connectivity index (χ1n) is 6.47. The number of hydrogen-bond acceptors (Lipinski definition) is 1. The van der Waals surface area contributed by atoms with Gasteiger partial charge in [-0.15, -0.1) is 0 Å². The Balaban J connectivity index is 2.08. The molecule has 2 rings (SSSR count). The lowest BCUT2D eigenvalue weighted by Crippen LogP contribution is -2.20. The fourth-order valence-corrected chi connectivity index (χ4v) is 2.74. The Kier molecular flexibility index (Phi) is 5.58. The summed E-state index contributed by atoms with van der Waals surface area (Å²) >= 11 is 9.24. The molecule has 2 aromatic carbocycles. The highest BCUT2D eigenvalue weighted by Gasteiger charge is 2.12. The van der Waals surface area contributed by atoms with Gasteiger partial charge < -0.3 is 5.73 Å². The molecule has 0 bridgehead atoms. The van der Waals surface area contributed by atoms with Crippen LogP contribution in [0.25, 0.3) is 0 Å². The zero-order valence-corrected chi connectivity index (χ0v) is 13.3. The van der Waals surface area contributed by atoms with Crippen molar-refractivity contribution in [3.8, 4) is 0 Å². The largest absolute Gasteiger partial charge is 0.330 e. The Bertz CT molecular complexity index is 571. The zero-order chi connectivity index (χ0) is 14.5. The second-order valence-electron chi connectivity index (χ2n) is 4.87. The molecule has 0 radical (unpaired) electrons. The van der Waals surface area contributed by atoms with Gasteiger partial charge in [0.05, 0.1) is 0 Å². The highest BCUT2D eigenvalue weighted by Crippen LogP contribution is 2.21. The van der Waals surface area contributed by atoms with Gasteiger partial charge in [0.2, 0.25) is 0 Å². The van der Waals surface area contributed by atoms with Crippen molar-refractivity contribution >= 4 is 27.5 Å². The van der Waals surface area contributed by atoms with Crippen molar-refractivity contribution in [1.29, 1.82) is 0 Å². The van der Waals surface area contributed by atoms with Crippen LogP contribution >= 0.6 is 27.5 Å². The molecule has 1 unspecified atom stereocenters. The summed E-state index contributed by atoms with van der Waals surface area (Å²) in [5.41, 5.74) is 7.69. The first-order chi connectivity index (χ1) is 9.58. The molecule has 0 aliphatic carbocycles. The third-order valence-electron chi connectivity index (χ3n) is 3.29. The molecule has 1 atom stereocenters. The number of benzene rings is 2. The molecule has 0 aliphatic heterocycles. The molecule has 4 heteroatoms. The Morgan fingerprint density at radius 1 is 1.10 bits per heavy atom. The molecule has 106 valence electrons. The van der Waals surface area contributed by atoms with Gasteiger partial charge in [0.1, 0.15) is 5.82 Å². The molecule has 0 spiro atoms. The predicted molar refractivity (Wildman–Crippen MR) is 85.5 cm³/mol. The third-order valence-corrected chi connectivity index (χ3v) is 4.03. The number of hydrogen-bond donors (Lipinski definition) is 1. The summed E-state index contributed by atoms with van der Waals surface area (Å²) in [5, 5.41) is 0.719. The topological polar surface area (TPSA) is 26.0 Å². The van der Waals surface area contributed by atoms with Crippen LogP contribution in [0.2, 0.25) is 5.02 Å². The second kappa shape index (κ2) is 7.21. The van der Waals surface area contributed by atoms with Gasteiger partial charge >= 0.3 is 0 Å². The van der Waals surface area contributed by atoms with Crippen molar-refractivity contribution in [3.05, 3.63) is 68.9 Å². The van der Waals surface area contributed by atoms with Crippen molar-refractivity contribution in [2.45, 2.75) is 12.8 Å². The molecule has 0 saturated carbocycles. The van der Waals surface area contributed by atoms with E-state index in [1.54, 1.807) is 6.07 Å². The molecule has 0 fully saturated rings. The Hall–Kier alpha value is -0.900. The third kappa shape index (κ3) is 4.30. The molecule has 0 saturated heterocycles. The van der Waals surface area contributed by atoms with E-state index in [0.29, 0.717) is 18.5 Å². The highest BCUT2D eigenvalue weighted by molar-refractivity contribution is 9.10. The van der Waals surface area contributed by atoms with E-state index in [2.05, 4.69) is 15.9 Å². The lowest BCUT2D eigenvalue weighted by molar-refractivity contribution is 0.511. The lowest BCUT2D eigenvalue weighted by Gasteiger charge is -2.15. The number of rotatable bonds is 5. The maximum atomic E-state index is 13.8. The van der Waals surface area contributed by atoms with E-state index in [4.69, 9.17) is 17.3 Å². The zero-order valence-electron chi connectivity index (χ0n) is 11.0. The van der Waals surface area contributed by atoms with E-state index in [9.17, 15) is 4.39 Å². The summed E-state index contributed by atoms with van der Waals surface area (Å²) in [6.07, 6.45) is 1.45. The monoisotopic (exact) mass is 355 g/mol. The van der Waals surface area contributed by atoms with E-state index < -0.39 is 0 Å². The van der Waals surface area contributed by atoms with Crippen molar-refractivity contribution in [2.75, 3.05) is 6.54 Å². The summed E-state index contributed by atoms with van der Waals surface area (Å²) in [4.78, 5) is 0. The normalized spacial score (nSPS) is 12.4. The van der Waals surface area contributed by atoms with Crippen molar-refractivity contribution in [2.24, 2.45) is 11.7 Å². The van der Waals surface area contributed by atoms with Crippen molar-refractivity contribution in [3.63, 3.8) is 0 Å².